The number of fused-ring (bicyclic) bond motifs is 2. The summed E-state index contributed by atoms with van der Waals surface area (Å²) in [5, 5.41) is 19.8. The van der Waals surface area contributed by atoms with Crippen LogP contribution in [0.25, 0.3) is 0 Å². The standard InChI is InChI=1S/C22H23N5O5S2.Na/c1-22(2)16(20(30)31)27-18(29)15(19(27)34-22)25-17(28)14(13-9-33-21(23)24-13)26-32-12-7-10-5-3-4-6-11(10)8-12;/h3-6,9,12,15-16,19H,7-8H2,1-2H3,(H2,23,24)(H,25,28)(H,30,31);/q;+1/p-1/b26-14-;/t15-,16-,19+;/m0./s1. The van der Waals surface area contributed by atoms with Gasteiger partial charge in [-0.05, 0) is 25.0 Å². The van der Waals surface area contributed by atoms with Crippen LogP contribution in [0.2, 0.25) is 0 Å². The molecule has 3 N–H and O–H groups in total. The summed E-state index contributed by atoms with van der Waals surface area (Å²) in [6.45, 7) is 3.47. The number of thioether (sulfide) groups is 1. The minimum Gasteiger partial charge on any atom is -0.548 e. The minimum absolute atomic E-state index is 0. The van der Waals surface area contributed by atoms with Crippen molar-refractivity contribution in [3.63, 3.8) is 0 Å². The third-order valence-electron chi connectivity index (χ3n) is 6.24. The van der Waals surface area contributed by atoms with Crippen molar-refractivity contribution in [2.75, 3.05) is 5.73 Å². The number of rotatable bonds is 6. The minimum atomic E-state index is -1.32. The third-order valence-corrected chi connectivity index (χ3v) is 8.48. The fraction of sp³-hybridized carbons (Fsp3) is 0.409. The van der Waals surface area contributed by atoms with Crippen molar-refractivity contribution in [2.45, 2.75) is 55.0 Å². The van der Waals surface area contributed by atoms with Crippen molar-refractivity contribution in [3.05, 3.63) is 46.5 Å². The van der Waals surface area contributed by atoms with Crippen LogP contribution in [0.4, 0.5) is 5.13 Å². The number of nitrogens with two attached hydrogens (primary N) is 1. The molecule has 2 fully saturated rings. The quantitative estimate of drug-likeness (QED) is 0.175. The van der Waals surface area contributed by atoms with Crippen molar-refractivity contribution in [3.8, 4) is 0 Å². The molecule has 2 amide bonds. The topological polar surface area (TPSA) is 150 Å². The summed E-state index contributed by atoms with van der Waals surface area (Å²) in [5.74, 6) is -2.44. The maximum atomic E-state index is 13.2. The number of aromatic nitrogens is 1. The van der Waals surface area contributed by atoms with Gasteiger partial charge in [-0.2, -0.15) is 0 Å². The van der Waals surface area contributed by atoms with E-state index >= 15 is 0 Å². The molecule has 1 aromatic heterocycles. The van der Waals surface area contributed by atoms with Crippen LogP contribution in [0.1, 0.15) is 30.7 Å². The number of carbonyl (C=O) groups excluding carboxylic acids is 3. The van der Waals surface area contributed by atoms with E-state index in [1.807, 2.05) is 24.3 Å². The monoisotopic (exact) mass is 523 g/mol. The SMILES string of the molecule is CC1(C)S[C@@H]2[C@@H](NC(=O)/C(=N\OC3Cc4ccccc4C3)c3csc(N)n3)C(=O)N2[C@H]1C(=O)[O-].[Na+]. The van der Waals surface area contributed by atoms with Crippen molar-refractivity contribution < 1.29 is 53.9 Å². The Morgan fingerprint density at radius 2 is 1.94 bits per heavy atom. The molecule has 35 heavy (non-hydrogen) atoms. The Kier molecular flexibility index (Phi) is 7.22. The number of nitrogens with zero attached hydrogens (tertiary/aromatic N) is 3. The number of benzene rings is 1. The van der Waals surface area contributed by atoms with Gasteiger partial charge in [0, 0.05) is 23.0 Å². The van der Waals surface area contributed by atoms with Gasteiger partial charge in [0.25, 0.3) is 5.91 Å². The first-order valence-corrected chi connectivity index (χ1v) is 12.5. The van der Waals surface area contributed by atoms with Crippen LogP contribution in [-0.2, 0) is 32.1 Å². The summed E-state index contributed by atoms with van der Waals surface area (Å²) in [4.78, 5) is 48.7. The van der Waals surface area contributed by atoms with Gasteiger partial charge < -0.3 is 30.7 Å². The van der Waals surface area contributed by atoms with Gasteiger partial charge in [-0.25, -0.2) is 4.98 Å². The van der Waals surface area contributed by atoms with Crippen LogP contribution < -0.4 is 45.7 Å². The zero-order valence-electron chi connectivity index (χ0n) is 19.4. The van der Waals surface area contributed by atoms with Crippen LogP contribution in [-0.4, -0.2) is 61.7 Å². The molecule has 178 valence electrons. The van der Waals surface area contributed by atoms with Crippen LogP contribution in [0.15, 0.2) is 34.8 Å². The molecule has 3 aliphatic rings. The molecule has 0 bridgehead atoms. The molecule has 1 aliphatic carbocycles. The molecule has 1 aromatic carbocycles. The fourth-order valence-electron chi connectivity index (χ4n) is 4.66. The predicted molar refractivity (Wildman–Crippen MR) is 125 cm³/mol. The fourth-order valence-corrected chi connectivity index (χ4v) is 6.83. The van der Waals surface area contributed by atoms with Gasteiger partial charge in [0.05, 0.1) is 12.0 Å². The van der Waals surface area contributed by atoms with E-state index in [1.165, 1.54) is 27.8 Å². The van der Waals surface area contributed by atoms with Crippen molar-refractivity contribution in [1.29, 1.82) is 0 Å². The number of nitrogens with one attached hydrogen (secondary N) is 1. The second kappa shape index (κ2) is 9.74. The van der Waals surface area contributed by atoms with Gasteiger partial charge in [0.2, 0.25) is 5.91 Å². The molecular formula is C22H22N5NaO5S2. The summed E-state index contributed by atoms with van der Waals surface area (Å²) in [6.07, 6.45) is 1.11. The van der Waals surface area contributed by atoms with Gasteiger partial charge in [-0.15, -0.1) is 23.1 Å². The van der Waals surface area contributed by atoms with Crippen LogP contribution in [0, 0.1) is 0 Å². The van der Waals surface area contributed by atoms with Gasteiger partial charge in [0.15, 0.2) is 10.8 Å². The number of β-lactam (4-membered cyclic amide) rings is 1. The van der Waals surface area contributed by atoms with Crippen LogP contribution >= 0.6 is 23.1 Å². The largest absolute Gasteiger partial charge is 1.00 e. The molecule has 0 saturated carbocycles. The first-order valence-electron chi connectivity index (χ1n) is 10.7. The molecule has 0 radical (unpaired) electrons. The number of thiazole rings is 1. The van der Waals surface area contributed by atoms with Crippen LogP contribution in [0.3, 0.4) is 0 Å². The Morgan fingerprint density at radius 1 is 1.29 bits per heavy atom. The summed E-state index contributed by atoms with van der Waals surface area (Å²) in [6, 6.07) is 6.04. The molecule has 2 saturated heterocycles. The van der Waals surface area contributed by atoms with E-state index in [-0.39, 0.29) is 52.2 Å². The average Bonchev–Trinajstić information content (AvgIpc) is 3.46. The van der Waals surface area contributed by atoms with E-state index in [2.05, 4.69) is 15.5 Å². The van der Waals surface area contributed by atoms with E-state index in [0.717, 1.165) is 11.3 Å². The summed E-state index contributed by atoms with van der Waals surface area (Å²) >= 11 is 2.47. The average molecular weight is 524 g/mol. The number of hydrogen-bond donors (Lipinski definition) is 2. The number of hydrogen-bond acceptors (Lipinski definition) is 10. The van der Waals surface area contributed by atoms with Crippen molar-refractivity contribution in [2.24, 2.45) is 5.16 Å². The second-order valence-corrected chi connectivity index (χ2v) is 11.6. The Labute approximate surface area is 232 Å². The molecule has 13 heteroatoms. The molecule has 2 aromatic rings. The summed E-state index contributed by atoms with van der Waals surface area (Å²) in [7, 11) is 0. The van der Waals surface area contributed by atoms with Crippen LogP contribution in [0.5, 0.6) is 0 Å². The number of carboxylic acids is 1. The Morgan fingerprint density at radius 3 is 2.51 bits per heavy atom. The van der Waals surface area contributed by atoms with Gasteiger partial charge in [-0.3, -0.25) is 9.59 Å². The van der Waals surface area contributed by atoms with E-state index in [0.29, 0.717) is 12.8 Å². The molecular weight excluding hydrogens is 501 g/mol. The second-order valence-electron chi connectivity index (χ2n) is 8.95. The number of amides is 2. The number of oxime groups is 1. The number of carboxylic acid groups (broad SMARTS) is 1. The van der Waals surface area contributed by atoms with E-state index in [1.54, 1.807) is 19.2 Å². The molecule has 0 spiro atoms. The maximum Gasteiger partial charge on any atom is 1.00 e. The Bertz CT molecular complexity index is 1190. The molecule has 0 unspecified atom stereocenters. The third kappa shape index (κ3) is 4.69. The first-order chi connectivity index (χ1) is 16.2. The Balaban J connectivity index is 0.00000289. The van der Waals surface area contributed by atoms with Gasteiger partial charge in [0.1, 0.15) is 23.2 Å². The van der Waals surface area contributed by atoms with Gasteiger partial charge in [-0.1, -0.05) is 29.4 Å². The van der Waals surface area contributed by atoms with E-state index < -0.39 is 40.0 Å². The summed E-state index contributed by atoms with van der Waals surface area (Å²) < 4.78 is -0.750. The van der Waals surface area contributed by atoms with Gasteiger partial charge >= 0.3 is 29.6 Å². The van der Waals surface area contributed by atoms with E-state index in [9.17, 15) is 19.5 Å². The number of anilines is 1. The normalized spacial score (nSPS) is 24.7. The Hall–Kier alpha value is -2.12. The molecule has 2 aliphatic heterocycles. The maximum absolute atomic E-state index is 13.2. The van der Waals surface area contributed by atoms with E-state index in [4.69, 9.17) is 10.6 Å². The zero-order chi connectivity index (χ0) is 24.2. The first kappa shape index (κ1) is 26.0. The number of carbonyl (C=O) groups is 3. The molecule has 5 rings (SSSR count). The molecule has 3 heterocycles. The number of nitrogen functional groups attached to an aromatic ring is 1. The number of aliphatic carboxylic acids is 1. The van der Waals surface area contributed by atoms with Crippen molar-refractivity contribution >= 4 is 51.7 Å². The zero-order valence-corrected chi connectivity index (χ0v) is 23.0. The molecule has 3 atom stereocenters. The molecule has 10 nitrogen and oxygen atoms in total. The smallest absolute Gasteiger partial charge is 0.548 e. The van der Waals surface area contributed by atoms with Crippen molar-refractivity contribution in [1.82, 2.24) is 15.2 Å². The predicted octanol–water partition coefficient (Wildman–Crippen LogP) is -3.09. The summed E-state index contributed by atoms with van der Waals surface area (Å²) in [5.41, 5.74) is 8.26.